The number of hydrogen-bond donors (Lipinski definition) is 0. The number of non-ortho nitro benzene ring substituents is 1. The van der Waals surface area contributed by atoms with E-state index in [1.807, 2.05) is 6.07 Å². The molecular weight excluding hydrogens is 180 g/mol. The monoisotopic (exact) mass is 188 g/mol. The second kappa shape index (κ2) is 4.19. The first-order valence-corrected chi connectivity index (χ1v) is 3.96. The van der Waals surface area contributed by atoms with Gasteiger partial charge in [0.2, 0.25) is 0 Å². The highest BCUT2D eigenvalue weighted by Crippen LogP contribution is 2.15. The lowest BCUT2D eigenvalue weighted by molar-refractivity contribution is -0.384. The Morgan fingerprint density at radius 2 is 2.36 bits per heavy atom. The van der Waals surface area contributed by atoms with Crippen molar-refractivity contribution in [3.8, 4) is 6.07 Å². The highest BCUT2D eigenvalue weighted by atomic mass is 16.6. The SMILES string of the molecule is CC(C#N)=Cc1cccc([N+](=O)[O-])c1. The summed E-state index contributed by atoms with van der Waals surface area (Å²) in [5.41, 5.74) is 1.22. The molecule has 0 atom stereocenters. The molecule has 70 valence electrons. The van der Waals surface area contributed by atoms with Gasteiger partial charge in [0.05, 0.1) is 11.0 Å². The molecule has 4 heteroatoms. The molecule has 0 bridgehead atoms. The third-order valence-corrected chi connectivity index (χ3v) is 1.64. The number of nitriles is 1. The molecular formula is C10H8N2O2. The summed E-state index contributed by atoms with van der Waals surface area (Å²) in [6, 6.07) is 8.11. The van der Waals surface area contributed by atoms with E-state index in [-0.39, 0.29) is 5.69 Å². The van der Waals surface area contributed by atoms with Crippen molar-refractivity contribution in [3.63, 3.8) is 0 Å². The van der Waals surface area contributed by atoms with Crippen molar-refractivity contribution in [2.24, 2.45) is 0 Å². The molecule has 0 saturated carbocycles. The van der Waals surface area contributed by atoms with Crippen LogP contribution in [-0.2, 0) is 0 Å². The number of rotatable bonds is 2. The minimum absolute atomic E-state index is 0.0319. The van der Waals surface area contributed by atoms with Crippen LogP contribution in [0.2, 0.25) is 0 Å². The molecule has 0 aliphatic heterocycles. The molecule has 0 heterocycles. The highest BCUT2D eigenvalue weighted by molar-refractivity contribution is 5.58. The first-order chi connectivity index (χ1) is 6.63. The average molecular weight is 188 g/mol. The minimum Gasteiger partial charge on any atom is -0.258 e. The van der Waals surface area contributed by atoms with E-state index in [9.17, 15) is 10.1 Å². The van der Waals surface area contributed by atoms with Crippen LogP contribution in [0.15, 0.2) is 29.8 Å². The van der Waals surface area contributed by atoms with Gasteiger partial charge in [-0.15, -0.1) is 0 Å². The average Bonchev–Trinajstić information content (AvgIpc) is 2.18. The molecule has 0 radical (unpaired) electrons. The van der Waals surface area contributed by atoms with Crippen LogP contribution in [0.3, 0.4) is 0 Å². The minimum atomic E-state index is -0.459. The Morgan fingerprint density at radius 3 is 2.93 bits per heavy atom. The maximum Gasteiger partial charge on any atom is 0.270 e. The Labute approximate surface area is 81.2 Å². The molecule has 0 saturated heterocycles. The van der Waals surface area contributed by atoms with E-state index in [1.54, 1.807) is 25.1 Å². The van der Waals surface area contributed by atoms with Crippen molar-refractivity contribution >= 4 is 11.8 Å². The zero-order valence-corrected chi connectivity index (χ0v) is 7.60. The van der Waals surface area contributed by atoms with Gasteiger partial charge in [-0.25, -0.2) is 0 Å². The zero-order chi connectivity index (χ0) is 10.6. The maximum atomic E-state index is 10.4. The highest BCUT2D eigenvalue weighted by Gasteiger charge is 2.03. The molecule has 0 N–H and O–H groups in total. The van der Waals surface area contributed by atoms with Gasteiger partial charge in [0.25, 0.3) is 5.69 Å². The third-order valence-electron chi connectivity index (χ3n) is 1.64. The Morgan fingerprint density at radius 1 is 1.64 bits per heavy atom. The Hall–Kier alpha value is -2.15. The molecule has 0 amide bonds. The van der Waals surface area contributed by atoms with Crippen LogP contribution in [0, 0.1) is 21.4 Å². The third kappa shape index (κ3) is 2.42. The van der Waals surface area contributed by atoms with Crippen LogP contribution in [0.25, 0.3) is 6.08 Å². The number of benzene rings is 1. The van der Waals surface area contributed by atoms with Gasteiger partial charge in [-0.1, -0.05) is 12.1 Å². The summed E-state index contributed by atoms with van der Waals surface area (Å²) in [7, 11) is 0. The predicted octanol–water partition coefficient (Wildman–Crippen LogP) is 2.52. The largest absolute Gasteiger partial charge is 0.270 e. The van der Waals surface area contributed by atoms with Crippen molar-refractivity contribution in [1.29, 1.82) is 5.26 Å². The molecule has 0 aromatic heterocycles. The van der Waals surface area contributed by atoms with E-state index in [4.69, 9.17) is 5.26 Å². The van der Waals surface area contributed by atoms with Gasteiger partial charge in [0.1, 0.15) is 0 Å². The number of nitro benzene ring substituents is 1. The molecule has 1 rings (SSSR count). The fourth-order valence-electron chi connectivity index (χ4n) is 1.01. The second-order valence-electron chi connectivity index (χ2n) is 2.79. The summed E-state index contributed by atoms with van der Waals surface area (Å²) in [6.45, 7) is 1.65. The van der Waals surface area contributed by atoms with E-state index in [1.165, 1.54) is 12.1 Å². The quantitative estimate of drug-likeness (QED) is 0.407. The topological polar surface area (TPSA) is 66.9 Å². The lowest BCUT2D eigenvalue weighted by Crippen LogP contribution is -1.87. The first kappa shape index (κ1) is 9.93. The van der Waals surface area contributed by atoms with E-state index in [2.05, 4.69) is 0 Å². The summed E-state index contributed by atoms with van der Waals surface area (Å²) in [5, 5.41) is 19.0. The number of nitro groups is 1. The first-order valence-electron chi connectivity index (χ1n) is 3.96. The molecule has 4 nitrogen and oxygen atoms in total. The molecule has 0 spiro atoms. The zero-order valence-electron chi connectivity index (χ0n) is 7.60. The molecule has 1 aromatic carbocycles. The van der Waals surface area contributed by atoms with Gasteiger partial charge in [-0.05, 0) is 18.6 Å². The van der Waals surface area contributed by atoms with Crippen molar-refractivity contribution in [2.45, 2.75) is 6.92 Å². The van der Waals surface area contributed by atoms with Crippen molar-refractivity contribution in [2.75, 3.05) is 0 Å². The Bertz CT molecular complexity index is 430. The smallest absolute Gasteiger partial charge is 0.258 e. The van der Waals surface area contributed by atoms with Crippen LogP contribution in [0.5, 0.6) is 0 Å². The lowest BCUT2D eigenvalue weighted by atomic mass is 10.1. The van der Waals surface area contributed by atoms with E-state index in [0.717, 1.165) is 0 Å². The van der Waals surface area contributed by atoms with Crippen molar-refractivity contribution < 1.29 is 4.92 Å². The normalized spacial score (nSPS) is 10.7. The summed E-state index contributed by atoms with van der Waals surface area (Å²) in [4.78, 5) is 9.97. The molecule has 0 fully saturated rings. The molecule has 0 unspecified atom stereocenters. The predicted molar refractivity (Wildman–Crippen MR) is 52.4 cm³/mol. The fraction of sp³-hybridized carbons (Fsp3) is 0.100. The standard InChI is InChI=1S/C10H8N2O2/c1-8(7-11)5-9-3-2-4-10(6-9)12(13)14/h2-6H,1H3. The summed E-state index contributed by atoms with van der Waals surface area (Å²) in [5.74, 6) is 0. The van der Waals surface area contributed by atoms with Gasteiger partial charge in [-0.3, -0.25) is 10.1 Å². The Kier molecular flexibility index (Phi) is 2.97. The van der Waals surface area contributed by atoms with Crippen LogP contribution < -0.4 is 0 Å². The van der Waals surface area contributed by atoms with Crippen molar-refractivity contribution in [1.82, 2.24) is 0 Å². The summed E-state index contributed by atoms with van der Waals surface area (Å²) >= 11 is 0. The van der Waals surface area contributed by atoms with Crippen LogP contribution in [0.1, 0.15) is 12.5 Å². The number of allylic oxidation sites excluding steroid dienone is 1. The summed E-state index contributed by atoms with van der Waals surface area (Å²) in [6.07, 6.45) is 1.60. The molecule has 0 aliphatic rings. The Balaban J connectivity index is 3.08. The van der Waals surface area contributed by atoms with E-state index < -0.39 is 4.92 Å². The maximum absolute atomic E-state index is 10.4. The van der Waals surface area contributed by atoms with Crippen LogP contribution in [-0.4, -0.2) is 4.92 Å². The van der Waals surface area contributed by atoms with E-state index >= 15 is 0 Å². The molecule has 0 aliphatic carbocycles. The second-order valence-corrected chi connectivity index (χ2v) is 2.79. The molecule has 14 heavy (non-hydrogen) atoms. The molecule has 1 aromatic rings. The van der Waals surface area contributed by atoms with Gasteiger partial charge >= 0.3 is 0 Å². The number of hydrogen-bond acceptors (Lipinski definition) is 3. The van der Waals surface area contributed by atoms with Crippen LogP contribution >= 0.6 is 0 Å². The van der Waals surface area contributed by atoms with Gasteiger partial charge in [0.15, 0.2) is 0 Å². The lowest BCUT2D eigenvalue weighted by Gasteiger charge is -1.94. The fourth-order valence-corrected chi connectivity index (χ4v) is 1.01. The summed E-state index contributed by atoms with van der Waals surface area (Å²) < 4.78 is 0. The van der Waals surface area contributed by atoms with Gasteiger partial charge in [-0.2, -0.15) is 5.26 Å². The van der Waals surface area contributed by atoms with Gasteiger partial charge < -0.3 is 0 Å². The van der Waals surface area contributed by atoms with E-state index in [0.29, 0.717) is 11.1 Å². The number of nitrogens with zero attached hydrogens (tertiary/aromatic N) is 2. The van der Waals surface area contributed by atoms with Crippen molar-refractivity contribution in [3.05, 3.63) is 45.5 Å². The van der Waals surface area contributed by atoms with Gasteiger partial charge in [0, 0.05) is 17.7 Å². The van der Waals surface area contributed by atoms with Crippen LogP contribution in [0.4, 0.5) is 5.69 Å².